The minimum absolute atomic E-state index is 0.218. The summed E-state index contributed by atoms with van der Waals surface area (Å²) in [6.07, 6.45) is 2.98. The molecule has 0 saturated heterocycles. The molecule has 0 amide bonds. The Bertz CT molecular complexity index is 713. The van der Waals surface area contributed by atoms with Crippen molar-refractivity contribution < 1.29 is 13.2 Å². The second-order valence-electron chi connectivity index (χ2n) is 3.78. The predicted octanol–water partition coefficient (Wildman–Crippen LogP) is 3.04. The van der Waals surface area contributed by atoms with Crippen LogP contribution >= 0.6 is 0 Å². The van der Waals surface area contributed by atoms with Gasteiger partial charge in [-0.2, -0.15) is 5.10 Å². The molecule has 0 aliphatic rings. The largest absolute Gasteiger partial charge is 0.276 e. The lowest BCUT2D eigenvalue weighted by molar-refractivity contribution is 0.447. The van der Waals surface area contributed by atoms with Gasteiger partial charge in [0.1, 0.15) is 5.52 Å². The first-order chi connectivity index (χ1) is 8.65. The Labute approximate surface area is 99.3 Å². The first kappa shape index (κ1) is 10.8. The van der Waals surface area contributed by atoms with E-state index in [1.54, 1.807) is 6.07 Å². The highest BCUT2D eigenvalue weighted by Crippen LogP contribution is 2.24. The summed E-state index contributed by atoms with van der Waals surface area (Å²) in [5.41, 5.74) is 1.97. The second kappa shape index (κ2) is 3.83. The number of hydrogen-bond acceptors (Lipinski definition) is 2. The SMILES string of the molecule is Fc1cc(-c2cnc3cn[nH]c3c2)cc(F)c1F. The minimum Gasteiger partial charge on any atom is -0.276 e. The predicted molar refractivity (Wildman–Crippen MR) is 59.2 cm³/mol. The average molecular weight is 249 g/mol. The normalized spacial score (nSPS) is 11.1. The van der Waals surface area contributed by atoms with Crippen LogP contribution in [-0.4, -0.2) is 15.2 Å². The van der Waals surface area contributed by atoms with Gasteiger partial charge in [0, 0.05) is 11.8 Å². The molecule has 2 heterocycles. The molecule has 3 aromatic rings. The zero-order valence-electron chi connectivity index (χ0n) is 8.92. The smallest absolute Gasteiger partial charge is 0.194 e. The third kappa shape index (κ3) is 1.62. The number of fused-ring (bicyclic) bond motifs is 1. The minimum atomic E-state index is -1.48. The summed E-state index contributed by atoms with van der Waals surface area (Å²) in [7, 11) is 0. The molecule has 0 saturated carbocycles. The number of hydrogen-bond donors (Lipinski definition) is 1. The van der Waals surface area contributed by atoms with E-state index in [9.17, 15) is 13.2 Å². The van der Waals surface area contributed by atoms with E-state index >= 15 is 0 Å². The fraction of sp³-hybridized carbons (Fsp3) is 0. The van der Waals surface area contributed by atoms with Gasteiger partial charge in [-0.3, -0.25) is 10.1 Å². The van der Waals surface area contributed by atoms with Gasteiger partial charge < -0.3 is 0 Å². The second-order valence-corrected chi connectivity index (χ2v) is 3.78. The Kier molecular flexibility index (Phi) is 2.29. The number of nitrogens with zero attached hydrogens (tertiary/aromatic N) is 2. The van der Waals surface area contributed by atoms with Crippen molar-refractivity contribution in [3.8, 4) is 11.1 Å². The molecule has 0 aliphatic carbocycles. The van der Waals surface area contributed by atoms with Crippen molar-refractivity contribution >= 4 is 11.0 Å². The molecule has 2 aromatic heterocycles. The molecule has 0 atom stereocenters. The summed E-state index contributed by atoms with van der Waals surface area (Å²) in [4.78, 5) is 4.07. The number of halogens is 3. The van der Waals surface area contributed by atoms with Crippen LogP contribution in [0.5, 0.6) is 0 Å². The molecule has 0 spiro atoms. The molecule has 1 N–H and O–H groups in total. The molecule has 6 heteroatoms. The summed E-state index contributed by atoms with van der Waals surface area (Å²) < 4.78 is 39.1. The lowest BCUT2D eigenvalue weighted by atomic mass is 10.1. The molecule has 0 fully saturated rings. The molecule has 18 heavy (non-hydrogen) atoms. The zero-order valence-corrected chi connectivity index (χ0v) is 8.92. The van der Waals surface area contributed by atoms with E-state index in [4.69, 9.17) is 0 Å². The van der Waals surface area contributed by atoms with Gasteiger partial charge >= 0.3 is 0 Å². The summed E-state index contributed by atoms with van der Waals surface area (Å²) in [5, 5.41) is 6.49. The third-order valence-electron chi connectivity index (χ3n) is 2.61. The number of pyridine rings is 1. The average Bonchev–Trinajstić information content (AvgIpc) is 2.82. The van der Waals surface area contributed by atoms with Gasteiger partial charge in [0.25, 0.3) is 0 Å². The Balaban J connectivity index is 2.19. The summed E-state index contributed by atoms with van der Waals surface area (Å²) >= 11 is 0. The van der Waals surface area contributed by atoms with Crippen LogP contribution in [0.15, 0.2) is 30.6 Å². The molecule has 3 nitrogen and oxygen atoms in total. The Morgan fingerprint density at radius 2 is 1.61 bits per heavy atom. The fourth-order valence-corrected chi connectivity index (χ4v) is 1.71. The number of aromatic nitrogens is 3. The molecule has 0 radical (unpaired) electrons. The van der Waals surface area contributed by atoms with Crippen molar-refractivity contribution in [2.24, 2.45) is 0 Å². The highest BCUT2D eigenvalue weighted by atomic mass is 19.2. The van der Waals surface area contributed by atoms with Crippen molar-refractivity contribution in [1.82, 2.24) is 15.2 Å². The van der Waals surface area contributed by atoms with Crippen molar-refractivity contribution in [3.63, 3.8) is 0 Å². The first-order valence-corrected chi connectivity index (χ1v) is 5.09. The van der Waals surface area contributed by atoms with Gasteiger partial charge in [-0.15, -0.1) is 0 Å². The van der Waals surface area contributed by atoms with Crippen molar-refractivity contribution in [2.45, 2.75) is 0 Å². The monoisotopic (exact) mass is 249 g/mol. The van der Waals surface area contributed by atoms with Gasteiger partial charge in [-0.05, 0) is 23.8 Å². The summed E-state index contributed by atoms with van der Waals surface area (Å²) in [6, 6.07) is 3.50. The van der Waals surface area contributed by atoms with Gasteiger partial charge in [-0.25, -0.2) is 13.2 Å². The van der Waals surface area contributed by atoms with Gasteiger partial charge in [0.15, 0.2) is 17.5 Å². The lowest BCUT2D eigenvalue weighted by Crippen LogP contribution is -1.92. The standard InChI is InChI=1S/C12H6F3N3/c13-8-1-6(2-9(14)12(8)15)7-3-10-11(16-4-7)5-17-18-10/h1-5H,(H,17,18). The van der Waals surface area contributed by atoms with Gasteiger partial charge in [-0.1, -0.05) is 0 Å². The molecule has 0 bridgehead atoms. The van der Waals surface area contributed by atoms with Crippen LogP contribution in [0.4, 0.5) is 13.2 Å². The van der Waals surface area contributed by atoms with Gasteiger partial charge in [0.05, 0.1) is 11.7 Å². The highest BCUT2D eigenvalue weighted by molar-refractivity contribution is 5.79. The number of rotatable bonds is 1. The van der Waals surface area contributed by atoms with Crippen LogP contribution in [0.25, 0.3) is 22.2 Å². The van der Waals surface area contributed by atoms with Crippen LogP contribution in [0, 0.1) is 17.5 Å². The Hall–Kier alpha value is -2.37. The van der Waals surface area contributed by atoms with Crippen LogP contribution in [0.1, 0.15) is 0 Å². The molecule has 0 aliphatic heterocycles. The number of benzene rings is 1. The molecular formula is C12H6F3N3. The number of nitrogens with one attached hydrogen (secondary N) is 1. The molecule has 1 aromatic carbocycles. The molecular weight excluding hydrogens is 243 g/mol. The maximum Gasteiger partial charge on any atom is 0.194 e. The van der Waals surface area contributed by atoms with E-state index in [1.807, 2.05) is 0 Å². The fourth-order valence-electron chi connectivity index (χ4n) is 1.71. The van der Waals surface area contributed by atoms with Crippen LogP contribution in [-0.2, 0) is 0 Å². The van der Waals surface area contributed by atoms with Gasteiger partial charge in [0.2, 0.25) is 0 Å². The van der Waals surface area contributed by atoms with E-state index < -0.39 is 17.5 Å². The lowest BCUT2D eigenvalue weighted by Gasteiger charge is -2.03. The summed E-state index contributed by atoms with van der Waals surface area (Å²) in [5.74, 6) is -3.93. The quantitative estimate of drug-likeness (QED) is 0.673. The topological polar surface area (TPSA) is 41.6 Å². The van der Waals surface area contributed by atoms with E-state index in [2.05, 4.69) is 15.2 Å². The molecule has 0 unspecified atom stereocenters. The van der Waals surface area contributed by atoms with E-state index in [0.717, 1.165) is 12.1 Å². The Morgan fingerprint density at radius 3 is 2.33 bits per heavy atom. The Morgan fingerprint density at radius 1 is 0.889 bits per heavy atom. The maximum atomic E-state index is 13.1. The van der Waals surface area contributed by atoms with E-state index in [1.165, 1.54) is 12.4 Å². The van der Waals surface area contributed by atoms with E-state index in [-0.39, 0.29) is 5.56 Å². The first-order valence-electron chi connectivity index (χ1n) is 5.09. The number of H-pyrrole nitrogens is 1. The maximum absolute atomic E-state index is 13.1. The third-order valence-corrected chi connectivity index (χ3v) is 2.61. The molecule has 90 valence electrons. The van der Waals surface area contributed by atoms with Crippen molar-refractivity contribution in [1.29, 1.82) is 0 Å². The van der Waals surface area contributed by atoms with Crippen molar-refractivity contribution in [2.75, 3.05) is 0 Å². The number of aromatic amines is 1. The molecule has 3 rings (SSSR count). The van der Waals surface area contributed by atoms with Crippen LogP contribution in [0.3, 0.4) is 0 Å². The van der Waals surface area contributed by atoms with E-state index in [0.29, 0.717) is 16.6 Å². The summed E-state index contributed by atoms with van der Waals surface area (Å²) in [6.45, 7) is 0. The van der Waals surface area contributed by atoms with Crippen LogP contribution in [0.2, 0.25) is 0 Å². The zero-order chi connectivity index (χ0) is 12.7. The van der Waals surface area contributed by atoms with Crippen molar-refractivity contribution in [3.05, 3.63) is 48.0 Å². The highest BCUT2D eigenvalue weighted by Gasteiger charge is 2.12. The van der Waals surface area contributed by atoms with Crippen LogP contribution < -0.4 is 0 Å².